The zero-order valence-corrected chi connectivity index (χ0v) is 23.4. The predicted molar refractivity (Wildman–Crippen MR) is 156 cm³/mol. The first kappa shape index (κ1) is 26.7. The molecule has 0 bridgehead atoms. The van der Waals surface area contributed by atoms with E-state index in [-0.39, 0.29) is 22.5 Å². The van der Waals surface area contributed by atoms with Crippen molar-refractivity contribution in [1.29, 1.82) is 0 Å². The number of carbonyl (C=O) groups is 1. The zero-order valence-electron chi connectivity index (χ0n) is 23.4. The lowest BCUT2D eigenvalue weighted by Gasteiger charge is -2.32. The second kappa shape index (κ2) is 10.2. The molecule has 3 aromatic rings. The van der Waals surface area contributed by atoms with Gasteiger partial charge in [-0.1, -0.05) is 78.3 Å². The fraction of sp³-hybridized carbons (Fsp3) is 0.382. The minimum absolute atomic E-state index is 0.129. The van der Waals surface area contributed by atoms with E-state index in [1.54, 1.807) is 24.3 Å². The number of anilines is 1. The van der Waals surface area contributed by atoms with Crippen molar-refractivity contribution in [3.63, 3.8) is 0 Å². The Bertz CT molecular complexity index is 1310. The maximum Gasteiger partial charge on any atom is 0.255 e. The average Bonchev–Trinajstić information content (AvgIpc) is 3.00. The molecular weight excluding hydrogens is 454 g/mol. The Morgan fingerprint density at radius 1 is 0.946 bits per heavy atom. The van der Waals surface area contributed by atoms with Crippen LogP contribution in [0, 0.1) is 5.92 Å². The van der Waals surface area contributed by atoms with Crippen molar-refractivity contribution in [2.24, 2.45) is 5.92 Å². The molecule has 0 saturated carbocycles. The van der Waals surface area contributed by atoms with Crippen LogP contribution in [0.2, 0.25) is 0 Å². The van der Waals surface area contributed by atoms with E-state index in [1.165, 1.54) is 40.7 Å². The minimum atomic E-state index is -0.169. The number of aryl methyl sites for hydroxylation is 1. The number of phenolic OH excluding ortho intramolecular Hbond substituents is 1. The number of benzene rings is 3. The highest BCUT2D eigenvalue weighted by molar-refractivity contribution is 6.04. The standard InChI is InChI=1S/C34H41NO2/c1-8-9-10-26-20-30-31(34(6,7)23(3)33(30,4)5)21-29(26)22(2)19-24-11-13-25(14-12-24)32(37)35-27-15-17-28(36)18-16-27/h11-21,23,36H,8-10H2,1-7H3,(H,35,37). The molecular formula is C34H41NO2. The van der Waals surface area contributed by atoms with E-state index in [2.05, 4.69) is 72.0 Å². The van der Waals surface area contributed by atoms with Crippen LogP contribution in [-0.4, -0.2) is 11.0 Å². The first-order valence-corrected chi connectivity index (χ1v) is 13.5. The van der Waals surface area contributed by atoms with Gasteiger partial charge in [0.05, 0.1) is 0 Å². The van der Waals surface area contributed by atoms with Crippen LogP contribution in [0.1, 0.15) is 99.5 Å². The van der Waals surface area contributed by atoms with Crippen molar-refractivity contribution in [2.45, 2.75) is 78.6 Å². The second-order valence-electron chi connectivity index (χ2n) is 11.8. The monoisotopic (exact) mass is 495 g/mol. The van der Waals surface area contributed by atoms with Gasteiger partial charge in [-0.25, -0.2) is 0 Å². The van der Waals surface area contributed by atoms with Crippen LogP contribution in [0.3, 0.4) is 0 Å². The molecule has 1 amide bonds. The van der Waals surface area contributed by atoms with Crippen LogP contribution in [0.5, 0.6) is 5.75 Å². The summed E-state index contributed by atoms with van der Waals surface area (Å²) in [6.45, 7) is 16.4. The first-order valence-electron chi connectivity index (χ1n) is 13.5. The first-order chi connectivity index (χ1) is 17.4. The fourth-order valence-corrected chi connectivity index (χ4v) is 5.83. The highest BCUT2D eigenvalue weighted by Gasteiger charge is 2.48. The number of hydrogen-bond donors (Lipinski definition) is 2. The molecule has 3 aromatic carbocycles. The fourth-order valence-electron chi connectivity index (χ4n) is 5.83. The van der Waals surface area contributed by atoms with Gasteiger partial charge in [-0.3, -0.25) is 4.79 Å². The number of amides is 1. The molecule has 0 fully saturated rings. The van der Waals surface area contributed by atoms with Gasteiger partial charge < -0.3 is 10.4 Å². The Hall–Kier alpha value is -3.33. The van der Waals surface area contributed by atoms with Crippen LogP contribution >= 0.6 is 0 Å². The Labute approximate surface area is 222 Å². The van der Waals surface area contributed by atoms with E-state index in [1.807, 2.05) is 24.3 Å². The summed E-state index contributed by atoms with van der Waals surface area (Å²) in [6, 6.07) is 19.2. The van der Waals surface area contributed by atoms with Crippen molar-refractivity contribution in [3.05, 3.63) is 94.0 Å². The van der Waals surface area contributed by atoms with Crippen molar-refractivity contribution < 1.29 is 9.90 Å². The highest BCUT2D eigenvalue weighted by Crippen LogP contribution is 2.54. The van der Waals surface area contributed by atoms with E-state index in [0.29, 0.717) is 17.2 Å². The lowest BCUT2D eigenvalue weighted by atomic mass is 9.71. The van der Waals surface area contributed by atoms with Gasteiger partial charge in [-0.05, 0) is 106 Å². The molecule has 1 atom stereocenters. The molecule has 4 rings (SSSR count). The molecule has 0 heterocycles. The maximum absolute atomic E-state index is 12.7. The highest BCUT2D eigenvalue weighted by atomic mass is 16.3. The molecule has 1 aliphatic carbocycles. The molecule has 3 heteroatoms. The van der Waals surface area contributed by atoms with Crippen LogP contribution in [0.25, 0.3) is 11.6 Å². The zero-order chi connectivity index (χ0) is 27.0. The minimum Gasteiger partial charge on any atom is -0.508 e. The number of nitrogens with one attached hydrogen (secondary N) is 1. The topological polar surface area (TPSA) is 49.3 Å². The van der Waals surface area contributed by atoms with Gasteiger partial charge in [0.2, 0.25) is 0 Å². The Balaban J connectivity index is 1.63. The predicted octanol–water partition coefficient (Wildman–Crippen LogP) is 8.75. The van der Waals surface area contributed by atoms with Gasteiger partial charge in [0, 0.05) is 11.3 Å². The van der Waals surface area contributed by atoms with Gasteiger partial charge in [0.1, 0.15) is 5.75 Å². The molecule has 0 aliphatic heterocycles. The number of rotatable bonds is 7. The molecule has 0 saturated heterocycles. The molecule has 37 heavy (non-hydrogen) atoms. The van der Waals surface area contributed by atoms with E-state index < -0.39 is 0 Å². The van der Waals surface area contributed by atoms with Crippen molar-refractivity contribution >= 4 is 23.2 Å². The van der Waals surface area contributed by atoms with Crippen LogP contribution in [-0.2, 0) is 17.3 Å². The van der Waals surface area contributed by atoms with Gasteiger partial charge in [0.15, 0.2) is 0 Å². The van der Waals surface area contributed by atoms with Crippen molar-refractivity contribution in [1.82, 2.24) is 0 Å². The van der Waals surface area contributed by atoms with Crippen LogP contribution in [0.4, 0.5) is 5.69 Å². The van der Waals surface area contributed by atoms with Gasteiger partial charge >= 0.3 is 0 Å². The Morgan fingerprint density at radius 2 is 1.54 bits per heavy atom. The molecule has 1 unspecified atom stereocenters. The quantitative estimate of drug-likeness (QED) is 0.254. The number of aromatic hydroxyl groups is 1. The summed E-state index contributed by atoms with van der Waals surface area (Å²) in [5.74, 6) is 0.568. The number of allylic oxidation sites excluding steroid dienone is 1. The third kappa shape index (κ3) is 5.23. The Morgan fingerprint density at radius 3 is 2.14 bits per heavy atom. The smallest absolute Gasteiger partial charge is 0.255 e. The average molecular weight is 496 g/mol. The van der Waals surface area contributed by atoms with Crippen molar-refractivity contribution in [2.75, 3.05) is 5.32 Å². The molecule has 3 nitrogen and oxygen atoms in total. The van der Waals surface area contributed by atoms with Crippen LogP contribution in [0.15, 0.2) is 60.7 Å². The maximum atomic E-state index is 12.7. The van der Waals surface area contributed by atoms with Crippen molar-refractivity contribution in [3.8, 4) is 5.75 Å². The van der Waals surface area contributed by atoms with Gasteiger partial charge in [0.25, 0.3) is 5.91 Å². The molecule has 2 N–H and O–H groups in total. The number of phenols is 1. The van der Waals surface area contributed by atoms with E-state index >= 15 is 0 Å². The summed E-state index contributed by atoms with van der Waals surface area (Å²) >= 11 is 0. The summed E-state index contributed by atoms with van der Waals surface area (Å²) in [7, 11) is 0. The second-order valence-corrected chi connectivity index (χ2v) is 11.8. The molecule has 1 aliphatic rings. The number of carbonyl (C=O) groups excluding carboxylic acids is 1. The number of hydrogen-bond acceptors (Lipinski definition) is 2. The molecule has 0 spiro atoms. The number of unbranched alkanes of at least 4 members (excludes halogenated alkanes) is 1. The summed E-state index contributed by atoms with van der Waals surface area (Å²) in [5.41, 5.74) is 9.65. The SMILES string of the molecule is CCCCc1cc2c(cc1C(C)=Cc1ccc(C(=O)Nc3ccc(O)cc3)cc1)C(C)(C)C(C)C2(C)C. The van der Waals surface area contributed by atoms with E-state index in [4.69, 9.17) is 0 Å². The van der Waals surface area contributed by atoms with E-state index in [9.17, 15) is 9.90 Å². The lowest BCUT2D eigenvalue weighted by molar-refractivity contribution is 0.102. The molecule has 0 aromatic heterocycles. The van der Waals surface area contributed by atoms with Gasteiger partial charge in [-0.15, -0.1) is 0 Å². The lowest BCUT2D eigenvalue weighted by Crippen LogP contribution is -2.30. The third-order valence-corrected chi connectivity index (χ3v) is 8.70. The summed E-state index contributed by atoms with van der Waals surface area (Å²) < 4.78 is 0. The number of fused-ring (bicyclic) bond motifs is 1. The summed E-state index contributed by atoms with van der Waals surface area (Å²) in [4.78, 5) is 12.7. The molecule has 0 radical (unpaired) electrons. The third-order valence-electron chi connectivity index (χ3n) is 8.70. The largest absolute Gasteiger partial charge is 0.508 e. The van der Waals surface area contributed by atoms with E-state index in [0.717, 1.165) is 12.0 Å². The summed E-state index contributed by atoms with van der Waals surface area (Å²) in [6.07, 6.45) is 5.68. The Kier molecular flexibility index (Phi) is 7.37. The van der Waals surface area contributed by atoms with Crippen LogP contribution < -0.4 is 5.32 Å². The van der Waals surface area contributed by atoms with Gasteiger partial charge in [-0.2, -0.15) is 0 Å². The normalized spacial score (nSPS) is 17.9. The summed E-state index contributed by atoms with van der Waals surface area (Å²) in [5, 5.41) is 12.3. The molecule has 194 valence electrons.